The van der Waals surface area contributed by atoms with E-state index in [1.165, 1.54) is 0 Å². The average molecular weight is 206 g/mol. The van der Waals surface area contributed by atoms with E-state index >= 15 is 0 Å². The first-order valence-electron chi connectivity index (χ1n) is 5.80. The molecule has 84 valence electrons. The number of rotatable bonds is 9. The highest BCUT2D eigenvalue weighted by Crippen LogP contribution is 1.97. The molecule has 0 spiro atoms. The van der Waals surface area contributed by atoms with Crippen LogP contribution in [0.5, 0.6) is 0 Å². The summed E-state index contributed by atoms with van der Waals surface area (Å²) in [6, 6.07) is 0. The van der Waals surface area contributed by atoms with E-state index in [1.807, 2.05) is 0 Å². The van der Waals surface area contributed by atoms with Gasteiger partial charge in [0, 0.05) is 6.42 Å². The van der Waals surface area contributed by atoms with Crippen LogP contribution in [0.2, 0.25) is 0 Å². The van der Waals surface area contributed by atoms with E-state index in [4.69, 9.17) is 0 Å². The Morgan fingerprint density at radius 2 is 1.40 bits per heavy atom. The molecule has 0 aliphatic heterocycles. The fourth-order valence-corrected chi connectivity index (χ4v) is 1.15. The molecule has 0 aromatic carbocycles. The minimum absolute atomic E-state index is 0.683. The first-order chi connectivity index (χ1) is 7.41. The Morgan fingerprint density at radius 1 is 0.800 bits per heavy atom. The van der Waals surface area contributed by atoms with E-state index in [2.05, 4.69) is 43.4 Å². The molecular weight excluding hydrogens is 184 g/mol. The zero-order chi connectivity index (χ0) is 11.2. The summed E-state index contributed by atoms with van der Waals surface area (Å²) in [6.45, 7) is 2.14. The SMILES string of the molecule is CC/C=C\C/C=C\C/C=C\CCCC=O. The Balaban J connectivity index is 3.28. The summed E-state index contributed by atoms with van der Waals surface area (Å²) in [5.41, 5.74) is 0. The van der Waals surface area contributed by atoms with Gasteiger partial charge >= 0.3 is 0 Å². The van der Waals surface area contributed by atoms with Gasteiger partial charge in [0.15, 0.2) is 0 Å². The van der Waals surface area contributed by atoms with Crippen LogP contribution in [0.4, 0.5) is 0 Å². The molecule has 0 N–H and O–H groups in total. The molecule has 0 unspecified atom stereocenters. The molecule has 0 amide bonds. The third-order valence-electron chi connectivity index (χ3n) is 1.97. The van der Waals surface area contributed by atoms with Crippen molar-refractivity contribution in [3.8, 4) is 0 Å². The van der Waals surface area contributed by atoms with Crippen molar-refractivity contribution in [3.05, 3.63) is 36.5 Å². The molecule has 1 nitrogen and oxygen atoms in total. The monoisotopic (exact) mass is 206 g/mol. The van der Waals surface area contributed by atoms with Crippen molar-refractivity contribution in [1.29, 1.82) is 0 Å². The minimum Gasteiger partial charge on any atom is -0.303 e. The van der Waals surface area contributed by atoms with Gasteiger partial charge in [-0.2, -0.15) is 0 Å². The lowest BCUT2D eigenvalue weighted by Crippen LogP contribution is -1.73. The second-order valence-corrected chi connectivity index (χ2v) is 3.39. The summed E-state index contributed by atoms with van der Waals surface area (Å²) >= 11 is 0. The zero-order valence-corrected chi connectivity index (χ0v) is 9.69. The Bertz CT molecular complexity index is 211. The number of aldehydes is 1. The van der Waals surface area contributed by atoms with Gasteiger partial charge in [-0.25, -0.2) is 0 Å². The van der Waals surface area contributed by atoms with Crippen molar-refractivity contribution in [2.24, 2.45) is 0 Å². The summed E-state index contributed by atoms with van der Waals surface area (Å²) in [4.78, 5) is 10.0. The maximum Gasteiger partial charge on any atom is 0.120 e. The first-order valence-corrected chi connectivity index (χ1v) is 5.80. The van der Waals surface area contributed by atoms with Crippen molar-refractivity contribution >= 4 is 6.29 Å². The first kappa shape index (κ1) is 13.9. The zero-order valence-electron chi connectivity index (χ0n) is 9.69. The van der Waals surface area contributed by atoms with Crippen LogP contribution in [0, 0.1) is 0 Å². The maximum atomic E-state index is 10.0. The topological polar surface area (TPSA) is 17.1 Å². The van der Waals surface area contributed by atoms with Crippen LogP contribution < -0.4 is 0 Å². The predicted molar refractivity (Wildman–Crippen MR) is 66.9 cm³/mol. The van der Waals surface area contributed by atoms with E-state index in [9.17, 15) is 4.79 Å². The molecule has 15 heavy (non-hydrogen) atoms. The van der Waals surface area contributed by atoms with Crippen molar-refractivity contribution < 1.29 is 4.79 Å². The molecule has 0 saturated heterocycles. The Morgan fingerprint density at radius 3 is 2.00 bits per heavy atom. The largest absolute Gasteiger partial charge is 0.303 e. The van der Waals surface area contributed by atoms with E-state index in [0.717, 1.165) is 38.4 Å². The van der Waals surface area contributed by atoms with Crippen molar-refractivity contribution in [3.63, 3.8) is 0 Å². The van der Waals surface area contributed by atoms with Crippen LogP contribution in [0.15, 0.2) is 36.5 Å². The number of allylic oxidation sites excluding steroid dienone is 6. The van der Waals surface area contributed by atoms with Gasteiger partial charge in [0.05, 0.1) is 0 Å². The molecule has 0 aliphatic rings. The standard InChI is InChI=1S/C14H22O/c1-2-3-4-5-6-7-8-9-10-11-12-13-14-15/h3-4,6-7,9-10,14H,2,5,8,11-13H2,1H3/b4-3-,7-6-,10-9-. The number of hydrogen-bond acceptors (Lipinski definition) is 1. The van der Waals surface area contributed by atoms with Crippen molar-refractivity contribution in [2.45, 2.75) is 45.4 Å². The van der Waals surface area contributed by atoms with Crippen LogP contribution in [-0.2, 0) is 4.79 Å². The highest BCUT2D eigenvalue weighted by molar-refractivity contribution is 5.48. The van der Waals surface area contributed by atoms with Crippen molar-refractivity contribution in [2.75, 3.05) is 0 Å². The van der Waals surface area contributed by atoms with Gasteiger partial charge in [-0.15, -0.1) is 0 Å². The lowest BCUT2D eigenvalue weighted by Gasteiger charge is -1.87. The van der Waals surface area contributed by atoms with E-state index < -0.39 is 0 Å². The number of unbranched alkanes of at least 4 members (excludes halogenated alkanes) is 2. The molecule has 1 heteroatoms. The second kappa shape index (κ2) is 12.9. The Hall–Kier alpha value is -1.11. The molecule has 0 aromatic heterocycles. The van der Waals surface area contributed by atoms with Crippen LogP contribution in [0.3, 0.4) is 0 Å². The number of carbonyl (C=O) groups excluding carboxylic acids is 1. The fourth-order valence-electron chi connectivity index (χ4n) is 1.15. The van der Waals surface area contributed by atoms with Crippen molar-refractivity contribution in [1.82, 2.24) is 0 Å². The minimum atomic E-state index is 0.683. The van der Waals surface area contributed by atoms with E-state index in [1.54, 1.807) is 0 Å². The van der Waals surface area contributed by atoms with Crippen LogP contribution in [0.1, 0.15) is 45.4 Å². The smallest absolute Gasteiger partial charge is 0.120 e. The fraction of sp³-hybridized carbons (Fsp3) is 0.500. The Kier molecular flexibility index (Phi) is 11.9. The lowest BCUT2D eigenvalue weighted by atomic mass is 10.2. The molecule has 0 saturated carbocycles. The van der Waals surface area contributed by atoms with Crippen LogP contribution >= 0.6 is 0 Å². The van der Waals surface area contributed by atoms with Gasteiger partial charge in [-0.1, -0.05) is 43.4 Å². The number of hydrogen-bond donors (Lipinski definition) is 0. The van der Waals surface area contributed by atoms with Gasteiger partial charge in [0.2, 0.25) is 0 Å². The van der Waals surface area contributed by atoms with E-state index in [-0.39, 0.29) is 0 Å². The molecule has 0 atom stereocenters. The molecule has 0 rings (SSSR count). The Labute approximate surface area is 93.6 Å². The van der Waals surface area contributed by atoms with Gasteiger partial charge in [-0.3, -0.25) is 0 Å². The molecule has 0 fully saturated rings. The third kappa shape index (κ3) is 12.9. The van der Waals surface area contributed by atoms with Crippen LogP contribution in [0.25, 0.3) is 0 Å². The van der Waals surface area contributed by atoms with Gasteiger partial charge in [-0.05, 0) is 32.1 Å². The maximum absolute atomic E-state index is 10.0. The summed E-state index contributed by atoms with van der Waals surface area (Å²) in [5.74, 6) is 0. The highest BCUT2D eigenvalue weighted by atomic mass is 16.1. The third-order valence-corrected chi connectivity index (χ3v) is 1.97. The second-order valence-electron chi connectivity index (χ2n) is 3.39. The normalized spacial score (nSPS) is 12.1. The average Bonchev–Trinajstić information content (AvgIpc) is 2.26. The van der Waals surface area contributed by atoms with Gasteiger partial charge < -0.3 is 4.79 Å². The molecule has 0 radical (unpaired) electrons. The lowest BCUT2D eigenvalue weighted by molar-refractivity contribution is -0.107. The molecule has 0 aliphatic carbocycles. The predicted octanol–water partition coefficient (Wildman–Crippen LogP) is 4.21. The molecule has 0 bridgehead atoms. The van der Waals surface area contributed by atoms with E-state index in [0.29, 0.717) is 6.42 Å². The summed E-state index contributed by atoms with van der Waals surface area (Å²) in [7, 11) is 0. The summed E-state index contributed by atoms with van der Waals surface area (Å²) in [6.07, 6.45) is 19.8. The molecular formula is C14H22O. The molecule has 0 aromatic rings. The van der Waals surface area contributed by atoms with Gasteiger partial charge in [0.1, 0.15) is 6.29 Å². The number of carbonyl (C=O) groups is 1. The summed E-state index contributed by atoms with van der Waals surface area (Å²) < 4.78 is 0. The van der Waals surface area contributed by atoms with Gasteiger partial charge in [0.25, 0.3) is 0 Å². The quantitative estimate of drug-likeness (QED) is 0.314. The molecule has 0 heterocycles. The summed E-state index contributed by atoms with van der Waals surface area (Å²) in [5, 5.41) is 0. The van der Waals surface area contributed by atoms with Crippen LogP contribution in [-0.4, -0.2) is 6.29 Å². The highest BCUT2D eigenvalue weighted by Gasteiger charge is 1.80.